The van der Waals surface area contributed by atoms with Crippen LogP contribution in [-0.2, 0) is 17.9 Å². The first-order valence-electron chi connectivity index (χ1n) is 7.25. The summed E-state index contributed by atoms with van der Waals surface area (Å²) in [6.07, 6.45) is 4.86. The first kappa shape index (κ1) is 14.3. The van der Waals surface area contributed by atoms with E-state index < -0.39 is 0 Å². The summed E-state index contributed by atoms with van der Waals surface area (Å²) < 4.78 is 5.53. The number of methoxy groups -OCH3 is 1. The van der Waals surface area contributed by atoms with E-state index in [1.165, 1.54) is 5.56 Å². The van der Waals surface area contributed by atoms with Crippen LogP contribution in [0.5, 0.6) is 0 Å². The highest BCUT2D eigenvalue weighted by molar-refractivity contribution is 5.22. The van der Waals surface area contributed by atoms with Crippen molar-refractivity contribution in [1.29, 1.82) is 0 Å². The van der Waals surface area contributed by atoms with Crippen molar-refractivity contribution < 1.29 is 9.84 Å². The van der Waals surface area contributed by atoms with Crippen LogP contribution in [-0.4, -0.2) is 39.7 Å². The summed E-state index contributed by atoms with van der Waals surface area (Å²) in [7, 11) is 1.77. The van der Waals surface area contributed by atoms with Gasteiger partial charge in [-0.2, -0.15) is 0 Å². The van der Waals surface area contributed by atoms with Gasteiger partial charge in [-0.05, 0) is 17.5 Å². The van der Waals surface area contributed by atoms with E-state index in [0.717, 1.165) is 30.9 Å². The summed E-state index contributed by atoms with van der Waals surface area (Å²) >= 11 is 0. The molecule has 5 heteroatoms. The molecule has 0 spiro atoms. The van der Waals surface area contributed by atoms with Crippen molar-refractivity contribution >= 4 is 0 Å². The van der Waals surface area contributed by atoms with E-state index in [-0.39, 0.29) is 18.8 Å². The van der Waals surface area contributed by atoms with Crippen LogP contribution in [0.1, 0.15) is 29.4 Å². The molecule has 0 amide bonds. The molecule has 2 N–H and O–H groups in total. The highest BCUT2D eigenvalue weighted by atomic mass is 16.5. The lowest BCUT2D eigenvalue weighted by Gasteiger charge is -2.22. The van der Waals surface area contributed by atoms with Crippen LogP contribution >= 0.6 is 0 Å². The smallest absolute Gasteiger partial charge is 0.123 e. The van der Waals surface area contributed by atoms with Gasteiger partial charge in [-0.1, -0.05) is 24.3 Å². The summed E-state index contributed by atoms with van der Waals surface area (Å²) in [5, 5.41) is 9.11. The lowest BCUT2D eigenvalue weighted by atomic mass is 10.1. The van der Waals surface area contributed by atoms with Crippen LogP contribution in [0.3, 0.4) is 0 Å². The van der Waals surface area contributed by atoms with E-state index in [2.05, 4.69) is 27.0 Å². The molecule has 1 fully saturated rings. The zero-order chi connectivity index (χ0) is 14.7. The van der Waals surface area contributed by atoms with Crippen molar-refractivity contribution in [3.63, 3.8) is 0 Å². The number of H-pyrrole nitrogens is 1. The van der Waals surface area contributed by atoms with Gasteiger partial charge in [0.15, 0.2) is 0 Å². The molecule has 1 aromatic heterocycles. The summed E-state index contributed by atoms with van der Waals surface area (Å²) in [5.41, 5.74) is 2.18. The van der Waals surface area contributed by atoms with Gasteiger partial charge in [0, 0.05) is 32.6 Å². The summed E-state index contributed by atoms with van der Waals surface area (Å²) in [6.45, 7) is 1.85. The third-order valence-corrected chi connectivity index (χ3v) is 4.12. The minimum absolute atomic E-state index is 0.0881. The first-order valence-corrected chi connectivity index (χ1v) is 7.25. The van der Waals surface area contributed by atoms with Crippen molar-refractivity contribution in [2.75, 3.05) is 13.7 Å². The lowest BCUT2D eigenvalue weighted by Crippen LogP contribution is -2.25. The molecular formula is C16H21N3O2. The fourth-order valence-electron chi connectivity index (χ4n) is 2.94. The second-order valence-corrected chi connectivity index (χ2v) is 5.49. The van der Waals surface area contributed by atoms with Crippen molar-refractivity contribution in [3.8, 4) is 0 Å². The molecule has 5 nitrogen and oxygen atoms in total. The molecule has 21 heavy (non-hydrogen) atoms. The Hall–Kier alpha value is -1.69. The maximum atomic E-state index is 9.11. The third-order valence-electron chi connectivity index (χ3n) is 4.12. The Morgan fingerprint density at radius 2 is 2.10 bits per heavy atom. The summed E-state index contributed by atoms with van der Waals surface area (Å²) in [5.74, 6) is 1.00. The van der Waals surface area contributed by atoms with E-state index in [4.69, 9.17) is 9.84 Å². The van der Waals surface area contributed by atoms with Crippen molar-refractivity contribution in [2.45, 2.75) is 31.7 Å². The van der Waals surface area contributed by atoms with E-state index >= 15 is 0 Å². The zero-order valence-electron chi connectivity index (χ0n) is 12.2. The SMILES string of the molecule is CO[C@@H]1CC(c2ncc[nH]2)N(Cc2ccc(CO)cc2)C1. The fraction of sp³-hybridized carbons (Fsp3) is 0.438. The number of ether oxygens (including phenoxy) is 1. The second kappa shape index (κ2) is 6.39. The summed E-state index contributed by atoms with van der Waals surface area (Å²) in [4.78, 5) is 10.0. The zero-order valence-corrected chi connectivity index (χ0v) is 12.2. The van der Waals surface area contributed by atoms with Crippen LogP contribution in [0.2, 0.25) is 0 Å². The maximum Gasteiger partial charge on any atom is 0.123 e. The Balaban J connectivity index is 1.74. The Bertz CT molecular complexity index is 553. The molecule has 2 heterocycles. The van der Waals surface area contributed by atoms with Gasteiger partial charge >= 0.3 is 0 Å². The minimum Gasteiger partial charge on any atom is -0.392 e. The van der Waals surface area contributed by atoms with Crippen LogP contribution in [0, 0.1) is 0 Å². The van der Waals surface area contributed by atoms with Gasteiger partial charge in [-0.15, -0.1) is 0 Å². The van der Waals surface area contributed by atoms with Gasteiger partial charge in [-0.25, -0.2) is 4.98 Å². The molecule has 3 rings (SSSR count). The maximum absolute atomic E-state index is 9.11. The fourth-order valence-corrected chi connectivity index (χ4v) is 2.94. The van der Waals surface area contributed by atoms with Crippen LogP contribution in [0.25, 0.3) is 0 Å². The average Bonchev–Trinajstić information content (AvgIpc) is 3.17. The Morgan fingerprint density at radius 1 is 1.33 bits per heavy atom. The third kappa shape index (κ3) is 3.15. The topological polar surface area (TPSA) is 61.4 Å². The van der Waals surface area contributed by atoms with Gasteiger partial charge in [0.25, 0.3) is 0 Å². The molecule has 0 saturated carbocycles. The van der Waals surface area contributed by atoms with E-state index in [1.807, 2.05) is 18.3 Å². The van der Waals surface area contributed by atoms with Gasteiger partial charge in [0.1, 0.15) is 5.82 Å². The monoisotopic (exact) mass is 287 g/mol. The molecule has 2 aromatic rings. The number of hydrogen-bond acceptors (Lipinski definition) is 4. The van der Waals surface area contributed by atoms with Gasteiger partial charge in [0.05, 0.1) is 18.8 Å². The number of nitrogens with zero attached hydrogens (tertiary/aromatic N) is 2. The number of aliphatic hydroxyl groups is 1. The number of rotatable bonds is 5. The van der Waals surface area contributed by atoms with Crippen LogP contribution in [0.15, 0.2) is 36.7 Å². The molecule has 0 aliphatic carbocycles. The average molecular weight is 287 g/mol. The number of hydrogen-bond donors (Lipinski definition) is 2. The van der Waals surface area contributed by atoms with E-state index in [1.54, 1.807) is 13.3 Å². The number of nitrogens with one attached hydrogen (secondary N) is 1. The van der Waals surface area contributed by atoms with Crippen LogP contribution in [0.4, 0.5) is 0 Å². The number of aromatic nitrogens is 2. The van der Waals surface area contributed by atoms with Gasteiger partial charge < -0.3 is 14.8 Å². The normalized spacial score (nSPS) is 22.8. The molecule has 0 radical (unpaired) electrons. The minimum atomic E-state index is 0.0881. The van der Waals surface area contributed by atoms with Crippen molar-refractivity contribution in [1.82, 2.24) is 14.9 Å². The van der Waals surface area contributed by atoms with E-state index in [0.29, 0.717) is 0 Å². The Morgan fingerprint density at radius 3 is 2.71 bits per heavy atom. The number of imidazole rings is 1. The van der Waals surface area contributed by atoms with Gasteiger partial charge in [-0.3, -0.25) is 4.90 Å². The summed E-state index contributed by atoms with van der Waals surface area (Å²) in [6, 6.07) is 8.36. The molecule has 112 valence electrons. The lowest BCUT2D eigenvalue weighted by molar-refractivity contribution is 0.107. The Labute approximate surface area is 124 Å². The Kier molecular flexibility index (Phi) is 4.34. The van der Waals surface area contributed by atoms with Crippen LogP contribution < -0.4 is 0 Å². The number of aromatic amines is 1. The molecule has 1 aliphatic heterocycles. The molecule has 1 saturated heterocycles. The number of aliphatic hydroxyl groups excluding tert-OH is 1. The predicted octanol–water partition coefficient (Wildman–Crippen LogP) is 1.86. The highest BCUT2D eigenvalue weighted by Gasteiger charge is 2.34. The molecule has 0 bridgehead atoms. The van der Waals surface area contributed by atoms with Crippen molar-refractivity contribution in [3.05, 3.63) is 53.6 Å². The second-order valence-electron chi connectivity index (χ2n) is 5.49. The quantitative estimate of drug-likeness (QED) is 0.881. The first-order chi connectivity index (χ1) is 10.3. The van der Waals surface area contributed by atoms with Gasteiger partial charge in [0.2, 0.25) is 0 Å². The predicted molar refractivity (Wildman–Crippen MR) is 79.5 cm³/mol. The standard InChI is InChI=1S/C16H21N3O2/c1-21-14-8-15(16-17-6-7-18-16)19(10-14)9-12-2-4-13(11-20)5-3-12/h2-7,14-15,20H,8-11H2,1H3,(H,17,18)/t14-,15?/m1/s1. The molecule has 1 aliphatic rings. The highest BCUT2D eigenvalue weighted by Crippen LogP contribution is 2.32. The molecule has 1 aromatic carbocycles. The largest absolute Gasteiger partial charge is 0.392 e. The molecule has 2 atom stereocenters. The number of benzene rings is 1. The van der Waals surface area contributed by atoms with E-state index in [9.17, 15) is 0 Å². The van der Waals surface area contributed by atoms with Crippen molar-refractivity contribution in [2.24, 2.45) is 0 Å². The number of likely N-dealkylation sites (tertiary alicyclic amines) is 1. The molecule has 1 unspecified atom stereocenters. The molecular weight excluding hydrogens is 266 g/mol.